The second-order valence-corrected chi connectivity index (χ2v) is 8.96. The van der Waals surface area contributed by atoms with Crippen LogP contribution in [0.25, 0.3) is 0 Å². The number of hydrogen-bond donors (Lipinski definition) is 0. The molecule has 0 spiro atoms. The summed E-state index contributed by atoms with van der Waals surface area (Å²) in [5, 5.41) is 3.01. The molecule has 3 rings (SSSR count). The van der Waals surface area contributed by atoms with Crippen LogP contribution in [-0.4, -0.2) is 21.8 Å². The van der Waals surface area contributed by atoms with E-state index < -0.39 is 0 Å². The Hall–Kier alpha value is 0.750. The van der Waals surface area contributed by atoms with Gasteiger partial charge in [0, 0.05) is 21.6 Å². The molecule has 0 unspecified atom stereocenters. The normalized spacial score (nSPS) is 32.5. The SMILES string of the molecule is c1csc([C@H]2C[C@H](C3SCCS3)CS2)c1. The van der Waals surface area contributed by atoms with E-state index >= 15 is 0 Å². The fourth-order valence-electron chi connectivity index (χ4n) is 2.16. The number of rotatable bonds is 2. The summed E-state index contributed by atoms with van der Waals surface area (Å²) < 4.78 is 0.905. The molecule has 2 fully saturated rings. The smallest absolute Gasteiger partial charge is 0.0539 e. The highest BCUT2D eigenvalue weighted by atomic mass is 32.2. The van der Waals surface area contributed by atoms with E-state index in [0.29, 0.717) is 0 Å². The summed E-state index contributed by atoms with van der Waals surface area (Å²) in [5.41, 5.74) is 0. The Morgan fingerprint density at radius 2 is 2.00 bits per heavy atom. The Morgan fingerprint density at radius 1 is 1.13 bits per heavy atom. The highest BCUT2D eigenvalue weighted by molar-refractivity contribution is 8.20. The van der Waals surface area contributed by atoms with Gasteiger partial charge in [-0.05, 0) is 29.5 Å². The van der Waals surface area contributed by atoms with Gasteiger partial charge in [0.15, 0.2) is 0 Å². The average molecular weight is 275 g/mol. The van der Waals surface area contributed by atoms with Gasteiger partial charge in [0.05, 0.1) is 4.58 Å². The van der Waals surface area contributed by atoms with Crippen LogP contribution in [0.2, 0.25) is 0 Å². The van der Waals surface area contributed by atoms with Gasteiger partial charge < -0.3 is 0 Å². The third-order valence-corrected chi connectivity index (χ3v) is 8.91. The van der Waals surface area contributed by atoms with Crippen molar-refractivity contribution in [1.29, 1.82) is 0 Å². The van der Waals surface area contributed by atoms with Crippen LogP contribution in [0.1, 0.15) is 16.5 Å². The predicted molar refractivity (Wildman–Crippen MR) is 76.3 cm³/mol. The van der Waals surface area contributed by atoms with Crippen LogP contribution < -0.4 is 0 Å². The molecule has 1 aromatic heterocycles. The van der Waals surface area contributed by atoms with Gasteiger partial charge in [-0.1, -0.05) is 6.07 Å². The van der Waals surface area contributed by atoms with Crippen molar-refractivity contribution in [1.82, 2.24) is 0 Å². The molecular weight excluding hydrogens is 260 g/mol. The topological polar surface area (TPSA) is 0 Å². The van der Waals surface area contributed by atoms with E-state index in [-0.39, 0.29) is 0 Å². The van der Waals surface area contributed by atoms with Crippen molar-refractivity contribution >= 4 is 46.6 Å². The zero-order valence-corrected chi connectivity index (χ0v) is 11.7. The summed E-state index contributed by atoms with van der Waals surface area (Å²) in [5.74, 6) is 5.09. The molecule has 2 saturated heterocycles. The lowest BCUT2D eigenvalue weighted by Gasteiger charge is -2.15. The molecule has 0 bridgehead atoms. The summed E-state index contributed by atoms with van der Waals surface area (Å²) in [4.78, 5) is 1.59. The Labute approximate surface area is 108 Å². The molecule has 0 nitrogen and oxygen atoms in total. The van der Waals surface area contributed by atoms with Crippen LogP contribution in [0, 0.1) is 5.92 Å². The van der Waals surface area contributed by atoms with Crippen LogP contribution in [0.5, 0.6) is 0 Å². The van der Waals surface area contributed by atoms with Crippen LogP contribution >= 0.6 is 46.6 Å². The molecule has 0 aromatic carbocycles. The fourth-order valence-corrected chi connectivity index (χ4v) is 8.09. The van der Waals surface area contributed by atoms with Gasteiger partial charge >= 0.3 is 0 Å². The predicted octanol–water partition coefficient (Wildman–Crippen LogP) is 4.35. The van der Waals surface area contributed by atoms with Crippen molar-refractivity contribution in [3.05, 3.63) is 22.4 Å². The summed E-state index contributed by atoms with van der Waals surface area (Å²) in [6, 6.07) is 4.49. The van der Waals surface area contributed by atoms with Gasteiger partial charge in [0.1, 0.15) is 0 Å². The summed E-state index contributed by atoms with van der Waals surface area (Å²) in [6.07, 6.45) is 1.41. The molecule has 82 valence electrons. The van der Waals surface area contributed by atoms with E-state index in [9.17, 15) is 0 Å². The molecule has 2 aliphatic heterocycles. The highest BCUT2D eigenvalue weighted by Crippen LogP contribution is 2.51. The zero-order chi connectivity index (χ0) is 10.1. The van der Waals surface area contributed by atoms with Gasteiger partial charge in [-0.15, -0.1) is 34.9 Å². The van der Waals surface area contributed by atoms with Crippen molar-refractivity contribution in [2.24, 2.45) is 5.92 Å². The number of thiophene rings is 1. The minimum atomic E-state index is 0.803. The van der Waals surface area contributed by atoms with E-state index in [1.165, 1.54) is 23.7 Å². The molecule has 1 aromatic rings. The quantitative estimate of drug-likeness (QED) is 0.787. The second kappa shape index (κ2) is 4.94. The molecule has 0 aliphatic carbocycles. The van der Waals surface area contributed by atoms with E-state index in [0.717, 1.165) is 15.7 Å². The summed E-state index contributed by atoms with van der Waals surface area (Å²) >= 11 is 8.49. The Bertz CT molecular complexity index is 302. The second-order valence-electron chi connectivity index (χ2n) is 3.94. The molecule has 0 radical (unpaired) electrons. The van der Waals surface area contributed by atoms with Gasteiger partial charge in [0.25, 0.3) is 0 Å². The molecule has 0 N–H and O–H groups in total. The molecule has 3 heterocycles. The summed E-state index contributed by atoms with van der Waals surface area (Å²) in [6.45, 7) is 0. The Balaban J connectivity index is 1.63. The first kappa shape index (κ1) is 10.9. The van der Waals surface area contributed by atoms with E-state index in [1.54, 1.807) is 4.88 Å². The van der Waals surface area contributed by atoms with E-state index in [4.69, 9.17) is 0 Å². The average Bonchev–Trinajstić information content (AvgIpc) is 3.02. The molecule has 15 heavy (non-hydrogen) atoms. The maximum Gasteiger partial charge on any atom is 0.0539 e. The van der Waals surface area contributed by atoms with Crippen molar-refractivity contribution in [2.45, 2.75) is 16.3 Å². The highest BCUT2D eigenvalue weighted by Gasteiger charge is 2.34. The van der Waals surface area contributed by atoms with Gasteiger partial charge in [-0.25, -0.2) is 0 Å². The molecule has 2 atom stereocenters. The first-order chi connectivity index (χ1) is 7.43. The van der Waals surface area contributed by atoms with Crippen LogP contribution in [0.15, 0.2) is 17.5 Å². The lowest BCUT2D eigenvalue weighted by Crippen LogP contribution is -2.10. The standard InChI is InChI=1S/C11H14S4/c1-2-9(12-3-1)10-6-8(7-15-10)11-13-4-5-14-11/h1-3,8,10-11H,4-7H2/t8-,10+/m0/s1. The maximum absolute atomic E-state index is 2.31. The van der Waals surface area contributed by atoms with Crippen molar-refractivity contribution in [2.75, 3.05) is 17.3 Å². The van der Waals surface area contributed by atoms with E-state index in [1.807, 2.05) is 11.3 Å². The van der Waals surface area contributed by atoms with Crippen LogP contribution in [0.3, 0.4) is 0 Å². The minimum Gasteiger partial charge on any atom is -0.153 e. The molecule has 0 saturated carbocycles. The molecule has 0 amide bonds. The monoisotopic (exact) mass is 274 g/mol. The van der Waals surface area contributed by atoms with Gasteiger partial charge in [-0.3, -0.25) is 0 Å². The molecule has 2 aliphatic rings. The van der Waals surface area contributed by atoms with E-state index in [2.05, 4.69) is 52.8 Å². The zero-order valence-electron chi connectivity index (χ0n) is 8.43. The van der Waals surface area contributed by atoms with Crippen molar-refractivity contribution < 1.29 is 0 Å². The van der Waals surface area contributed by atoms with Gasteiger partial charge in [-0.2, -0.15) is 11.8 Å². The largest absolute Gasteiger partial charge is 0.153 e. The Morgan fingerprint density at radius 3 is 2.73 bits per heavy atom. The lowest BCUT2D eigenvalue weighted by atomic mass is 10.1. The maximum atomic E-state index is 2.31. The van der Waals surface area contributed by atoms with Crippen molar-refractivity contribution in [3.63, 3.8) is 0 Å². The number of thioether (sulfide) groups is 3. The Kier molecular flexibility index (Phi) is 3.58. The number of hydrogen-bond acceptors (Lipinski definition) is 4. The molecular formula is C11H14S4. The fraction of sp³-hybridized carbons (Fsp3) is 0.636. The van der Waals surface area contributed by atoms with Crippen LogP contribution in [0.4, 0.5) is 0 Å². The van der Waals surface area contributed by atoms with Crippen LogP contribution in [-0.2, 0) is 0 Å². The summed E-state index contributed by atoms with van der Waals surface area (Å²) in [7, 11) is 0. The molecule has 4 heteroatoms. The third kappa shape index (κ3) is 2.38. The first-order valence-corrected chi connectivity index (χ1v) is 9.34. The first-order valence-electron chi connectivity index (χ1n) is 5.32. The minimum absolute atomic E-state index is 0.803. The third-order valence-electron chi connectivity index (χ3n) is 2.92. The lowest BCUT2D eigenvalue weighted by molar-refractivity contribution is 0.616. The van der Waals surface area contributed by atoms with Crippen molar-refractivity contribution in [3.8, 4) is 0 Å². The van der Waals surface area contributed by atoms with Gasteiger partial charge in [0.2, 0.25) is 0 Å².